The molecule has 1 rings (SSSR count). The maximum Gasteiger partial charge on any atom is 0.322 e. The van der Waals surface area contributed by atoms with Crippen LogP contribution in [0.2, 0.25) is 0 Å². The van der Waals surface area contributed by atoms with Crippen LogP contribution in [-0.2, 0) is 24.3 Å². The third-order valence-electron chi connectivity index (χ3n) is 2.48. The van der Waals surface area contributed by atoms with Gasteiger partial charge in [0.05, 0.1) is 12.7 Å². The minimum Gasteiger partial charge on any atom is -0.480 e. The van der Waals surface area contributed by atoms with E-state index in [9.17, 15) is 23.1 Å². The summed E-state index contributed by atoms with van der Waals surface area (Å²) in [5.41, 5.74) is 0. The molecule has 0 bridgehead atoms. The van der Waals surface area contributed by atoms with Crippen molar-refractivity contribution < 1.29 is 33.0 Å². The predicted octanol–water partition coefficient (Wildman–Crippen LogP) is -1.60. The fraction of sp³-hybridized carbons (Fsp3) is 0.778. The molecule has 1 aliphatic heterocycles. The fourth-order valence-electron chi connectivity index (χ4n) is 1.75. The molecule has 1 aliphatic rings. The van der Waals surface area contributed by atoms with Crippen LogP contribution < -0.4 is 0 Å². The van der Waals surface area contributed by atoms with E-state index in [-0.39, 0.29) is 19.6 Å². The van der Waals surface area contributed by atoms with Crippen LogP contribution in [0.3, 0.4) is 0 Å². The lowest BCUT2D eigenvalue weighted by Crippen LogP contribution is -2.43. The average Bonchev–Trinajstić information content (AvgIpc) is 2.60. The van der Waals surface area contributed by atoms with Gasteiger partial charge in [-0.25, -0.2) is 8.42 Å². The Bertz CT molecular complexity index is 432. The number of ether oxygens (including phenoxy) is 1. The van der Waals surface area contributed by atoms with Crippen molar-refractivity contribution in [2.24, 2.45) is 0 Å². The molecule has 0 radical (unpaired) electrons. The highest BCUT2D eigenvalue weighted by molar-refractivity contribution is 7.89. The highest BCUT2D eigenvalue weighted by Gasteiger charge is 2.43. The van der Waals surface area contributed by atoms with Crippen LogP contribution in [0.4, 0.5) is 0 Å². The van der Waals surface area contributed by atoms with Crippen molar-refractivity contribution in [1.29, 1.82) is 0 Å². The van der Waals surface area contributed by atoms with Crippen molar-refractivity contribution in [3.63, 3.8) is 0 Å². The molecule has 0 spiro atoms. The molecule has 0 aromatic heterocycles. The molecular weight excluding hydrogens is 266 g/mol. The minimum absolute atomic E-state index is 0.0410. The van der Waals surface area contributed by atoms with Crippen LogP contribution in [0.5, 0.6) is 0 Å². The first kappa shape index (κ1) is 14.9. The number of carbonyl (C=O) groups excluding carboxylic acids is 1. The lowest BCUT2D eigenvalue weighted by molar-refractivity contribution is -0.142. The fourth-order valence-corrected chi connectivity index (χ4v) is 3.26. The van der Waals surface area contributed by atoms with E-state index in [0.717, 1.165) is 0 Å². The predicted molar refractivity (Wildman–Crippen MR) is 59.2 cm³/mol. The molecule has 9 heteroatoms. The SMILES string of the molecule is CCOC(=O)CS(=O)(=O)N1CC(O)C[C@H]1C(=O)O. The number of nitrogens with zero attached hydrogens (tertiary/aromatic N) is 1. The summed E-state index contributed by atoms with van der Waals surface area (Å²) in [7, 11) is -4.09. The van der Waals surface area contributed by atoms with E-state index < -0.39 is 39.9 Å². The van der Waals surface area contributed by atoms with Crippen LogP contribution in [0.25, 0.3) is 0 Å². The number of carbonyl (C=O) groups is 2. The van der Waals surface area contributed by atoms with Crippen LogP contribution in [0.15, 0.2) is 0 Å². The third kappa shape index (κ3) is 3.40. The van der Waals surface area contributed by atoms with E-state index >= 15 is 0 Å². The largest absolute Gasteiger partial charge is 0.480 e. The molecule has 0 saturated carbocycles. The van der Waals surface area contributed by atoms with Crippen molar-refractivity contribution in [2.45, 2.75) is 25.5 Å². The lowest BCUT2D eigenvalue weighted by Gasteiger charge is -2.19. The molecule has 1 unspecified atom stereocenters. The highest BCUT2D eigenvalue weighted by Crippen LogP contribution is 2.22. The summed E-state index contributed by atoms with van der Waals surface area (Å²) in [6, 6.07) is -1.33. The zero-order chi connectivity index (χ0) is 13.9. The number of carboxylic acids is 1. The number of rotatable bonds is 5. The summed E-state index contributed by atoms with van der Waals surface area (Å²) in [5, 5.41) is 18.2. The average molecular weight is 281 g/mol. The maximum atomic E-state index is 11.8. The first-order chi connectivity index (χ1) is 8.27. The van der Waals surface area contributed by atoms with Crippen LogP contribution in [0.1, 0.15) is 13.3 Å². The quantitative estimate of drug-likeness (QED) is 0.582. The number of esters is 1. The first-order valence-electron chi connectivity index (χ1n) is 5.34. The summed E-state index contributed by atoms with van der Waals surface area (Å²) < 4.78 is 28.8. The van der Waals surface area contributed by atoms with E-state index in [1.165, 1.54) is 6.92 Å². The second-order valence-electron chi connectivity index (χ2n) is 3.87. The van der Waals surface area contributed by atoms with Crippen molar-refractivity contribution in [3.8, 4) is 0 Å². The van der Waals surface area contributed by atoms with Crippen LogP contribution in [-0.4, -0.2) is 65.9 Å². The van der Waals surface area contributed by atoms with Gasteiger partial charge in [-0.2, -0.15) is 4.31 Å². The Balaban J connectivity index is 2.83. The first-order valence-corrected chi connectivity index (χ1v) is 6.95. The second-order valence-corrected chi connectivity index (χ2v) is 5.80. The number of hydrogen-bond acceptors (Lipinski definition) is 6. The van der Waals surface area contributed by atoms with E-state index in [1.807, 2.05) is 0 Å². The lowest BCUT2D eigenvalue weighted by atomic mass is 10.2. The van der Waals surface area contributed by atoms with Gasteiger partial charge in [0.2, 0.25) is 10.0 Å². The molecule has 104 valence electrons. The number of hydrogen-bond donors (Lipinski definition) is 2. The molecule has 2 atom stereocenters. The summed E-state index contributed by atoms with van der Waals surface area (Å²) >= 11 is 0. The molecule has 0 aromatic rings. The smallest absolute Gasteiger partial charge is 0.322 e. The topological polar surface area (TPSA) is 121 Å². The molecule has 1 saturated heterocycles. The molecule has 8 nitrogen and oxygen atoms in total. The summed E-state index contributed by atoms with van der Waals surface area (Å²) in [5.74, 6) is -3.21. The van der Waals surface area contributed by atoms with Gasteiger partial charge in [-0.1, -0.05) is 0 Å². The molecule has 0 aromatic carbocycles. The van der Waals surface area contributed by atoms with Crippen molar-refractivity contribution in [2.75, 3.05) is 18.9 Å². The van der Waals surface area contributed by atoms with Crippen molar-refractivity contribution in [1.82, 2.24) is 4.31 Å². The Labute approximate surface area is 104 Å². The van der Waals surface area contributed by atoms with E-state index in [0.29, 0.717) is 4.31 Å². The zero-order valence-electron chi connectivity index (χ0n) is 9.77. The van der Waals surface area contributed by atoms with Gasteiger partial charge < -0.3 is 14.9 Å². The van der Waals surface area contributed by atoms with Gasteiger partial charge in [0.1, 0.15) is 6.04 Å². The standard InChI is InChI=1S/C9H15NO7S/c1-2-17-8(12)5-18(15,16)10-4-6(11)3-7(10)9(13)14/h6-7,11H,2-5H2,1H3,(H,13,14)/t6?,7-/m0/s1. The van der Waals surface area contributed by atoms with Crippen molar-refractivity contribution >= 4 is 22.0 Å². The molecule has 1 fully saturated rings. The van der Waals surface area contributed by atoms with Crippen LogP contribution in [0, 0.1) is 0 Å². The zero-order valence-corrected chi connectivity index (χ0v) is 10.6. The van der Waals surface area contributed by atoms with E-state index in [4.69, 9.17) is 5.11 Å². The minimum atomic E-state index is -4.09. The number of carboxylic acid groups (broad SMARTS) is 1. The number of aliphatic hydroxyl groups is 1. The Kier molecular flexibility index (Phi) is 4.65. The van der Waals surface area contributed by atoms with Gasteiger partial charge >= 0.3 is 11.9 Å². The van der Waals surface area contributed by atoms with Gasteiger partial charge in [0.15, 0.2) is 5.75 Å². The number of aliphatic hydroxyl groups excluding tert-OH is 1. The summed E-state index contributed by atoms with van der Waals surface area (Å²) in [6.07, 6.45) is -1.22. The molecule has 18 heavy (non-hydrogen) atoms. The van der Waals surface area contributed by atoms with Gasteiger partial charge in [-0.05, 0) is 6.92 Å². The van der Waals surface area contributed by atoms with Gasteiger partial charge in [-0.3, -0.25) is 9.59 Å². The Morgan fingerprint density at radius 3 is 2.56 bits per heavy atom. The Morgan fingerprint density at radius 1 is 1.44 bits per heavy atom. The van der Waals surface area contributed by atoms with Gasteiger partial charge in [0.25, 0.3) is 0 Å². The summed E-state index contributed by atoms with van der Waals surface area (Å²) in [6.45, 7) is 1.25. The highest BCUT2D eigenvalue weighted by atomic mass is 32.2. The molecule has 2 N–H and O–H groups in total. The Morgan fingerprint density at radius 2 is 2.06 bits per heavy atom. The number of β-amino-alcohol motifs (C(OH)–C–C–N with tert-alkyl or cyclic N) is 1. The third-order valence-corrected chi connectivity index (χ3v) is 4.20. The van der Waals surface area contributed by atoms with Gasteiger partial charge in [-0.15, -0.1) is 0 Å². The normalized spacial score (nSPS) is 25.0. The Hall–Kier alpha value is -1.19. The number of aliphatic carboxylic acids is 1. The second kappa shape index (κ2) is 5.63. The van der Waals surface area contributed by atoms with E-state index in [1.54, 1.807) is 0 Å². The van der Waals surface area contributed by atoms with Gasteiger partial charge in [0, 0.05) is 13.0 Å². The molecule has 1 heterocycles. The van der Waals surface area contributed by atoms with Crippen molar-refractivity contribution in [3.05, 3.63) is 0 Å². The van der Waals surface area contributed by atoms with Crippen LogP contribution >= 0.6 is 0 Å². The monoisotopic (exact) mass is 281 g/mol. The molecule has 0 aliphatic carbocycles. The molecular formula is C9H15NO7S. The maximum absolute atomic E-state index is 11.8. The number of sulfonamides is 1. The van der Waals surface area contributed by atoms with E-state index in [2.05, 4.69) is 4.74 Å². The summed E-state index contributed by atoms with van der Waals surface area (Å²) in [4.78, 5) is 22.0. The molecule has 0 amide bonds.